The number of carbonyl (C=O) groups excluding carboxylic acids is 9. The van der Waals surface area contributed by atoms with Crippen LogP contribution in [0.4, 0.5) is 14.4 Å². The smallest absolute Gasteiger partial charge is 0.410 e. The van der Waals surface area contributed by atoms with E-state index in [1.54, 1.807) is 93.5 Å². The molecule has 1 aromatic heterocycles. The number of hydrogen-bond donors (Lipinski definition) is 6. The van der Waals surface area contributed by atoms with Gasteiger partial charge in [0.15, 0.2) is 5.82 Å². The molecule has 0 radical (unpaired) electrons. The van der Waals surface area contributed by atoms with Gasteiger partial charge in [-0.15, -0.1) is 0 Å². The summed E-state index contributed by atoms with van der Waals surface area (Å²) in [6, 6.07) is 11.4. The third-order valence-corrected chi connectivity index (χ3v) is 13.2. The number of primary amides is 1. The highest BCUT2D eigenvalue weighted by Gasteiger charge is 2.38. The molecule has 0 spiro atoms. The molecule has 2 heterocycles. The maximum Gasteiger partial charge on any atom is 0.410 e. The van der Waals surface area contributed by atoms with E-state index in [-0.39, 0.29) is 85.0 Å². The molecule has 8 amide bonds. The topological polar surface area (TPSA) is 327 Å². The van der Waals surface area contributed by atoms with Crippen molar-refractivity contribution in [3.8, 4) is 34.0 Å². The van der Waals surface area contributed by atoms with Gasteiger partial charge < -0.3 is 65.6 Å². The molecular weight excluding hydrogens is 1140 g/mol. The third kappa shape index (κ3) is 20.8. The Labute approximate surface area is 514 Å². The molecule has 3 aromatic carbocycles. The number of benzene rings is 3. The molecule has 25 nitrogen and oxygen atoms in total. The van der Waals surface area contributed by atoms with Crippen molar-refractivity contribution in [3.05, 3.63) is 94.8 Å². The van der Waals surface area contributed by atoms with Crippen molar-refractivity contribution in [1.82, 2.24) is 46.4 Å². The summed E-state index contributed by atoms with van der Waals surface area (Å²) in [4.78, 5) is 135. The Bertz CT molecular complexity index is 3200. The van der Waals surface area contributed by atoms with E-state index < -0.39 is 101 Å². The molecule has 4 bridgehead atoms. The van der Waals surface area contributed by atoms with Gasteiger partial charge in [0.05, 0.1) is 31.5 Å². The minimum absolute atomic E-state index is 0.0140. The van der Waals surface area contributed by atoms with Gasteiger partial charge in [-0.05, 0) is 129 Å². The molecule has 0 fully saturated rings. The summed E-state index contributed by atoms with van der Waals surface area (Å²) in [7, 11) is 2.46. The number of carbonyl (C=O) groups is 9. The fraction of sp³-hybridized carbons (Fsp3) is 0.508. The molecule has 7 N–H and O–H groups in total. The zero-order valence-corrected chi connectivity index (χ0v) is 53.3. The number of aryl methyl sites for hydroxylation is 1. The molecule has 0 saturated carbocycles. The second-order valence-electron chi connectivity index (χ2n) is 25.2. The lowest BCUT2D eigenvalue weighted by atomic mass is 9.87. The van der Waals surface area contributed by atoms with Crippen molar-refractivity contribution < 1.29 is 71.6 Å². The maximum absolute atomic E-state index is 15.5. The number of nitrogens with two attached hydrogens (primary N) is 1. The second-order valence-corrected chi connectivity index (χ2v) is 25.2. The van der Waals surface area contributed by atoms with E-state index in [1.165, 1.54) is 32.3 Å². The summed E-state index contributed by atoms with van der Waals surface area (Å²) in [5.41, 5.74) is 6.12. The Morgan fingerprint density at radius 2 is 1.30 bits per heavy atom. The van der Waals surface area contributed by atoms with Gasteiger partial charge in [0, 0.05) is 42.9 Å². The van der Waals surface area contributed by atoms with E-state index in [1.807, 2.05) is 24.3 Å². The van der Waals surface area contributed by atoms with Crippen LogP contribution < -0.4 is 41.8 Å². The van der Waals surface area contributed by atoms with Gasteiger partial charge in [0.25, 0.3) is 5.91 Å². The summed E-state index contributed by atoms with van der Waals surface area (Å²) < 4.78 is 34.2. The van der Waals surface area contributed by atoms with Crippen LogP contribution in [0.3, 0.4) is 0 Å². The van der Waals surface area contributed by atoms with Gasteiger partial charge in [-0.3, -0.25) is 28.9 Å². The Balaban J connectivity index is 1.68. The fourth-order valence-corrected chi connectivity index (χ4v) is 8.98. The van der Waals surface area contributed by atoms with E-state index in [0.717, 1.165) is 22.5 Å². The predicted molar refractivity (Wildman–Crippen MR) is 326 cm³/mol. The number of ether oxygens (including phenoxy) is 6. The van der Waals surface area contributed by atoms with Crippen molar-refractivity contribution >= 4 is 53.8 Å². The number of amides is 8. The van der Waals surface area contributed by atoms with E-state index in [9.17, 15) is 33.6 Å². The summed E-state index contributed by atoms with van der Waals surface area (Å²) in [5.74, 6) is -4.38. The van der Waals surface area contributed by atoms with E-state index in [4.69, 9.17) is 34.2 Å². The van der Waals surface area contributed by atoms with Crippen molar-refractivity contribution in [3.63, 3.8) is 0 Å². The normalized spacial score (nSPS) is 15.8. The summed E-state index contributed by atoms with van der Waals surface area (Å²) >= 11 is 0. The number of methoxy groups -OCH3 is 1. The van der Waals surface area contributed by atoms with Crippen LogP contribution in [-0.4, -0.2) is 162 Å². The largest absolute Gasteiger partial charge is 0.491 e. The number of alkyl carbamates (subject to hydrolysis) is 2. The molecule has 88 heavy (non-hydrogen) atoms. The Morgan fingerprint density at radius 3 is 1.82 bits per heavy atom. The molecule has 4 aromatic rings. The predicted octanol–water partition coefficient (Wildman–Crippen LogP) is 6.35. The van der Waals surface area contributed by atoms with Crippen LogP contribution in [0.15, 0.2) is 66.9 Å². The summed E-state index contributed by atoms with van der Waals surface area (Å²) in [5, 5.41) is 13.5. The molecule has 1 aliphatic rings. The molecule has 0 unspecified atom stereocenters. The number of nitrogens with one attached hydrogen (secondary N) is 5. The van der Waals surface area contributed by atoms with E-state index in [0.29, 0.717) is 22.5 Å². The lowest BCUT2D eigenvalue weighted by Gasteiger charge is -2.33. The number of nitrogens with zero attached hydrogens (tertiary/aromatic N) is 4. The zero-order valence-electron chi connectivity index (χ0n) is 53.3. The minimum atomic E-state index is -1.66. The van der Waals surface area contributed by atoms with Gasteiger partial charge in [-0.1, -0.05) is 57.2 Å². The van der Waals surface area contributed by atoms with Crippen LogP contribution >= 0.6 is 0 Å². The first-order valence-corrected chi connectivity index (χ1v) is 28.9. The van der Waals surface area contributed by atoms with Gasteiger partial charge in [-0.25, -0.2) is 29.1 Å². The first-order valence-electron chi connectivity index (χ1n) is 28.9. The molecule has 5 rings (SSSR count). The third-order valence-electron chi connectivity index (χ3n) is 13.2. The highest BCUT2D eigenvalue weighted by molar-refractivity contribution is 6.00. The first-order chi connectivity index (χ1) is 40.9. The number of hydrogen-bond acceptors (Lipinski definition) is 17. The van der Waals surface area contributed by atoms with Crippen molar-refractivity contribution in [1.29, 1.82) is 0 Å². The maximum atomic E-state index is 15.5. The average molecular weight is 1220 g/mol. The highest BCUT2D eigenvalue weighted by Crippen LogP contribution is 2.40. The summed E-state index contributed by atoms with van der Waals surface area (Å²) in [6.45, 7) is 23.1. The van der Waals surface area contributed by atoms with E-state index in [2.05, 4.69) is 57.3 Å². The zero-order chi connectivity index (χ0) is 65.6. The Morgan fingerprint density at radius 1 is 0.739 bits per heavy atom. The molecule has 4 atom stereocenters. The Kier molecular flexibility index (Phi) is 23.4. The van der Waals surface area contributed by atoms with Crippen LogP contribution in [0.5, 0.6) is 11.5 Å². The molecule has 0 saturated heterocycles. The standard InChI is InChI=1S/C63H86N10O15/c1-36-44(34-67-51(68-36)39-18-21-41(22-19-39)60(3,4)5)53(76)70-45(25-28-73(35-49(64)74)59(82)88-63(12,13)14)55(78)72(15)50-40-20-24-48(85-30-27-66-58(81)87-62(9,10)11)43(33-40)42-31-38(17-23-47(42)84-29-26-65-57(80)86-61(6,7)8)32-46(56(79)83-16)71-52(75)37(2)69-54(50)77/h17-24,31,33-34,37,45-46,50H,25-30,32,35H2,1-16H3,(H2,64,74)(H,65,80)(H,66,81)(H,69,77)(H,70,76)(H,71,75)/t37-,45-,46-,50-/m0/s1. The van der Waals surface area contributed by atoms with Crippen LogP contribution in [-0.2, 0) is 54.8 Å². The number of likely N-dealkylation sites (N-methyl/N-ethyl adjacent to an activating group) is 1. The fourth-order valence-electron chi connectivity index (χ4n) is 8.98. The first kappa shape index (κ1) is 69.7. The molecule has 478 valence electrons. The van der Waals surface area contributed by atoms with Gasteiger partial charge >= 0.3 is 24.2 Å². The minimum Gasteiger partial charge on any atom is -0.491 e. The average Bonchev–Trinajstić information content (AvgIpc) is 3.61. The molecular formula is C63H86N10O15. The monoisotopic (exact) mass is 1220 g/mol. The number of aromatic nitrogens is 2. The lowest BCUT2D eigenvalue weighted by Crippen LogP contribution is -2.55. The molecule has 1 aliphatic heterocycles. The number of fused-ring (bicyclic) bond motifs is 5. The molecule has 0 aliphatic carbocycles. The highest BCUT2D eigenvalue weighted by atomic mass is 16.6. The van der Waals surface area contributed by atoms with Gasteiger partial charge in [0.2, 0.25) is 23.6 Å². The van der Waals surface area contributed by atoms with Crippen molar-refractivity contribution in [2.75, 3.05) is 53.6 Å². The van der Waals surface area contributed by atoms with Crippen molar-refractivity contribution in [2.24, 2.45) is 5.73 Å². The van der Waals surface area contributed by atoms with Crippen LogP contribution in [0.25, 0.3) is 22.5 Å². The van der Waals surface area contributed by atoms with Gasteiger partial charge in [0.1, 0.15) is 72.2 Å². The quantitative estimate of drug-likeness (QED) is 0.0338. The molecule has 25 heteroatoms. The number of rotatable bonds is 19. The Hall–Kier alpha value is -9.03. The van der Waals surface area contributed by atoms with Crippen molar-refractivity contribution in [2.45, 2.75) is 156 Å². The second kappa shape index (κ2) is 29.6. The number of esters is 1. The van der Waals surface area contributed by atoms with Gasteiger partial charge in [-0.2, -0.15) is 0 Å². The lowest BCUT2D eigenvalue weighted by molar-refractivity contribution is -0.145. The SMILES string of the molecule is COC(=O)[C@@H]1Cc2ccc(OCCNC(=O)OC(C)(C)C)c(c2)-c2cc(ccc2OCCNC(=O)OC(C)(C)C)[C@H](N(C)C(=O)[C@H](CCN(CC(N)=O)C(=O)OC(C)(C)C)NC(=O)c2cnc(-c3ccc(C(C)(C)C)cc3)nc2C)C(=O)N[C@@H](C)C(=O)N1. The van der Waals surface area contributed by atoms with E-state index >= 15 is 9.59 Å². The van der Waals surface area contributed by atoms with Crippen LogP contribution in [0.2, 0.25) is 0 Å². The van der Waals surface area contributed by atoms with Crippen LogP contribution in [0.1, 0.15) is 135 Å². The summed E-state index contributed by atoms with van der Waals surface area (Å²) in [6.07, 6.45) is -1.50. The van der Waals surface area contributed by atoms with Crippen LogP contribution in [0, 0.1) is 6.92 Å².